The van der Waals surface area contributed by atoms with Crippen LogP contribution in [0, 0.1) is 11.6 Å². The van der Waals surface area contributed by atoms with Gasteiger partial charge in [-0.2, -0.15) is 15.1 Å². The summed E-state index contributed by atoms with van der Waals surface area (Å²) in [5.74, 6) is -2.49. The van der Waals surface area contributed by atoms with Crippen LogP contribution in [-0.2, 0) is 15.6 Å². The second-order valence-corrected chi connectivity index (χ2v) is 11.4. The highest BCUT2D eigenvalue weighted by Gasteiger charge is 2.32. The number of fused-ring (bicyclic) bond motifs is 1. The minimum absolute atomic E-state index is 0.108. The van der Waals surface area contributed by atoms with Crippen molar-refractivity contribution in [3.05, 3.63) is 64.8 Å². The van der Waals surface area contributed by atoms with Gasteiger partial charge in [0, 0.05) is 11.6 Å². The highest BCUT2D eigenvalue weighted by atomic mass is 35.5. The van der Waals surface area contributed by atoms with E-state index in [4.69, 9.17) is 16.3 Å². The minimum Gasteiger partial charge on any atom is -0.421 e. The zero-order chi connectivity index (χ0) is 24.0. The molecule has 0 aliphatic rings. The average molecular weight is 493 g/mol. The van der Waals surface area contributed by atoms with E-state index >= 15 is 0 Å². The molecule has 0 spiro atoms. The second kappa shape index (κ2) is 8.35. The van der Waals surface area contributed by atoms with E-state index in [2.05, 4.69) is 20.2 Å². The van der Waals surface area contributed by atoms with Crippen LogP contribution < -0.4 is 4.74 Å². The quantitative estimate of drug-likeness (QED) is 0.397. The first-order valence-corrected chi connectivity index (χ1v) is 11.8. The van der Waals surface area contributed by atoms with Crippen molar-refractivity contribution in [1.82, 2.24) is 20.2 Å². The van der Waals surface area contributed by atoms with E-state index in [1.54, 1.807) is 45.0 Å². The minimum atomic E-state index is -3.68. The van der Waals surface area contributed by atoms with Crippen LogP contribution in [0.4, 0.5) is 8.78 Å². The van der Waals surface area contributed by atoms with Crippen LogP contribution in [0.3, 0.4) is 0 Å². The lowest BCUT2D eigenvalue weighted by Crippen LogP contribution is -2.29. The highest BCUT2D eigenvalue weighted by Crippen LogP contribution is 2.35. The van der Waals surface area contributed by atoms with Crippen molar-refractivity contribution in [2.75, 3.05) is 0 Å². The van der Waals surface area contributed by atoms with Crippen molar-refractivity contribution in [2.45, 2.75) is 31.3 Å². The summed E-state index contributed by atoms with van der Waals surface area (Å²) in [6.45, 7) is 4.74. The molecule has 2 aromatic heterocycles. The molecule has 0 aliphatic carbocycles. The largest absolute Gasteiger partial charge is 0.421 e. The Labute approximate surface area is 193 Å². The molecule has 172 valence electrons. The zero-order valence-electron chi connectivity index (χ0n) is 17.9. The van der Waals surface area contributed by atoms with Gasteiger partial charge in [-0.15, -0.1) is 0 Å². The molecule has 0 saturated carbocycles. The molecule has 4 rings (SSSR count). The lowest BCUT2D eigenvalue weighted by molar-refractivity contribution is 0.408. The second-order valence-electron chi connectivity index (χ2n) is 8.28. The average Bonchev–Trinajstić information content (AvgIpc) is 3.13. The maximum Gasteiger partial charge on any atom is 0.324 e. The number of halogens is 3. The molecule has 0 amide bonds. The molecule has 0 unspecified atom stereocenters. The van der Waals surface area contributed by atoms with Crippen LogP contribution in [0.5, 0.6) is 11.8 Å². The first kappa shape index (κ1) is 23.1. The number of aromatic amines is 1. The Morgan fingerprint density at radius 3 is 2.48 bits per heavy atom. The zero-order valence-corrected chi connectivity index (χ0v) is 19.4. The number of hydrogen-bond donors (Lipinski definition) is 1. The summed E-state index contributed by atoms with van der Waals surface area (Å²) in [6, 6.07) is 9.39. The van der Waals surface area contributed by atoms with Crippen LogP contribution in [0.1, 0.15) is 26.5 Å². The first-order valence-electron chi connectivity index (χ1n) is 9.81. The molecule has 11 heteroatoms. The molecule has 0 saturated heterocycles. The number of rotatable bonds is 5. The van der Waals surface area contributed by atoms with Crippen LogP contribution in [0.2, 0.25) is 5.02 Å². The Hall–Kier alpha value is -3.11. The van der Waals surface area contributed by atoms with Crippen molar-refractivity contribution in [1.29, 1.82) is 0 Å². The Balaban J connectivity index is 1.90. The number of aromatic nitrogens is 4. The molecule has 7 nitrogen and oxygen atoms in total. The van der Waals surface area contributed by atoms with Gasteiger partial charge in [0.05, 0.1) is 26.6 Å². The summed E-state index contributed by atoms with van der Waals surface area (Å²) >= 11 is 6.33. The Bertz CT molecular complexity index is 1470. The standard InChI is InChI=1S/C22H19ClF2N4O3S/c1-22(2,3)33(30,31)11-16-18-19(13-6-4-5-7-14(13)23)28-29-20(18)27-21(26-16)32-17-9-8-12(24)10-15(17)25/h4-10H,11H2,1-3H3,(H,26,27,28,29). The third-order valence-corrected chi connectivity index (χ3v) is 7.81. The summed E-state index contributed by atoms with van der Waals surface area (Å²) in [5, 5.41) is 7.77. The van der Waals surface area contributed by atoms with Gasteiger partial charge in [0.2, 0.25) is 0 Å². The van der Waals surface area contributed by atoms with Crippen LogP contribution in [-0.4, -0.2) is 33.3 Å². The van der Waals surface area contributed by atoms with Gasteiger partial charge < -0.3 is 4.74 Å². The molecule has 0 atom stereocenters. The van der Waals surface area contributed by atoms with Crippen molar-refractivity contribution >= 4 is 32.5 Å². The van der Waals surface area contributed by atoms with E-state index in [0.29, 0.717) is 27.7 Å². The molecule has 2 heterocycles. The molecule has 33 heavy (non-hydrogen) atoms. The maximum atomic E-state index is 14.1. The molecule has 1 N–H and O–H groups in total. The van der Waals surface area contributed by atoms with Gasteiger partial charge in [0.1, 0.15) is 11.5 Å². The smallest absolute Gasteiger partial charge is 0.324 e. The fourth-order valence-corrected chi connectivity index (χ4v) is 4.26. The predicted octanol–water partition coefficient (Wildman–Crippen LogP) is 5.46. The van der Waals surface area contributed by atoms with E-state index in [9.17, 15) is 17.2 Å². The molecular weight excluding hydrogens is 474 g/mol. The number of sulfone groups is 1. The van der Waals surface area contributed by atoms with E-state index in [0.717, 1.165) is 12.1 Å². The molecule has 2 aromatic carbocycles. The van der Waals surface area contributed by atoms with Gasteiger partial charge in [-0.1, -0.05) is 29.8 Å². The Kier molecular flexibility index (Phi) is 5.83. The monoisotopic (exact) mass is 492 g/mol. The molecule has 0 fully saturated rings. The van der Waals surface area contributed by atoms with Gasteiger partial charge in [-0.3, -0.25) is 5.10 Å². The Morgan fingerprint density at radius 1 is 1.09 bits per heavy atom. The summed E-state index contributed by atoms with van der Waals surface area (Å²) in [5.41, 5.74) is 1.21. The molecule has 4 aromatic rings. The van der Waals surface area contributed by atoms with Crippen LogP contribution in [0.25, 0.3) is 22.3 Å². The third kappa shape index (κ3) is 4.53. The fraction of sp³-hybridized carbons (Fsp3) is 0.227. The summed E-state index contributed by atoms with van der Waals surface area (Å²) in [6.07, 6.45) is 0. The maximum absolute atomic E-state index is 14.1. The van der Waals surface area contributed by atoms with Crippen LogP contribution in [0.15, 0.2) is 42.5 Å². The van der Waals surface area contributed by atoms with E-state index in [1.807, 2.05) is 0 Å². The molecule has 0 bridgehead atoms. The van der Waals surface area contributed by atoms with Gasteiger partial charge in [0.25, 0.3) is 0 Å². The summed E-state index contributed by atoms with van der Waals surface area (Å²) in [4.78, 5) is 8.48. The van der Waals surface area contributed by atoms with E-state index < -0.39 is 32.0 Å². The lowest BCUT2D eigenvalue weighted by Gasteiger charge is -2.19. The Morgan fingerprint density at radius 2 is 1.82 bits per heavy atom. The molecule has 0 radical (unpaired) electrons. The van der Waals surface area contributed by atoms with E-state index in [-0.39, 0.29) is 23.1 Å². The van der Waals surface area contributed by atoms with Crippen molar-refractivity contribution in [3.63, 3.8) is 0 Å². The summed E-state index contributed by atoms with van der Waals surface area (Å²) < 4.78 is 57.7. The third-order valence-electron chi connectivity index (χ3n) is 4.96. The number of nitrogens with zero attached hydrogens (tertiary/aromatic N) is 3. The number of H-pyrrole nitrogens is 1. The molecule has 0 aliphatic heterocycles. The lowest BCUT2D eigenvalue weighted by atomic mass is 10.1. The highest BCUT2D eigenvalue weighted by molar-refractivity contribution is 7.91. The van der Waals surface area contributed by atoms with Crippen molar-refractivity contribution in [2.24, 2.45) is 0 Å². The summed E-state index contributed by atoms with van der Waals surface area (Å²) in [7, 11) is -3.68. The SMILES string of the molecule is CC(C)(C)S(=O)(=O)Cc1nc(Oc2ccc(F)cc2F)nc2[nH]nc(-c3ccccc3Cl)c12. The number of ether oxygens (including phenoxy) is 1. The molecular formula is C22H19ClF2N4O3S. The van der Waals surface area contributed by atoms with Crippen molar-refractivity contribution < 1.29 is 21.9 Å². The van der Waals surface area contributed by atoms with E-state index in [1.165, 1.54) is 0 Å². The normalized spacial score (nSPS) is 12.3. The number of nitrogens with one attached hydrogen (secondary N) is 1. The fourth-order valence-electron chi connectivity index (χ4n) is 3.03. The van der Waals surface area contributed by atoms with Gasteiger partial charge in [-0.05, 0) is 39.0 Å². The topological polar surface area (TPSA) is 97.8 Å². The first-order chi connectivity index (χ1) is 15.5. The van der Waals surface area contributed by atoms with Gasteiger partial charge in [-0.25, -0.2) is 17.2 Å². The predicted molar refractivity (Wildman–Crippen MR) is 121 cm³/mol. The van der Waals surface area contributed by atoms with Crippen LogP contribution >= 0.6 is 11.6 Å². The van der Waals surface area contributed by atoms with Gasteiger partial charge in [0.15, 0.2) is 27.1 Å². The number of benzene rings is 2. The van der Waals surface area contributed by atoms with Gasteiger partial charge >= 0.3 is 6.01 Å². The number of hydrogen-bond acceptors (Lipinski definition) is 6. The van der Waals surface area contributed by atoms with Crippen molar-refractivity contribution in [3.8, 4) is 23.0 Å².